The van der Waals surface area contributed by atoms with Crippen molar-refractivity contribution < 1.29 is 23.9 Å². The van der Waals surface area contributed by atoms with Crippen molar-refractivity contribution in [2.75, 3.05) is 40.9 Å². The Kier molecular flexibility index (Phi) is 7.87. The number of ketones is 2. The molecule has 0 aromatic heterocycles. The molecule has 0 saturated carbocycles. The molecular formula is C26H32N2O5. The average molecular weight is 453 g/mol. The van der Waals surface area contributed by atoms with Crippen LogP contribution in [-0.2, 0) is 9.59 Å². The van der Waals surface area contributed by atoms with E-state index in [1.54, 1.807) is 37.1 Å². The van der Waals surface area contributed by atoms with Crippen LogP contribution in [0.3, 0.4) is 0 Å². The monoisotopic (exact) mass is 452 g/mol. The van der Waals surface area contributed by atoms with Crippen molar-refractivity contribution in [1.29, 1.82) is 0 Å². The zero-order valence-corrected chi connectivity index (χ0v) is 20.0. The molecule has 0 N–H and O–H groups in total. The fourth-order valence-electron chi connectivity index (χ4n) is 4.29. The van der Waals surface area contributed by atoms with Gasteiger partial charge in [-0.25, -0.2) is 0 Å². The van der Waals surface area contributed by atoms with Crippen molar-refractivity contribution in [1.82, 2.24) is 9.80 Å². The third-order valence-corrected chi connectivity index (χ3v) is 5.92. The number of hydrogen-bond acceptors (Lipinski definition) is 6. The standard InChI is InChI=1S/C26H32N2O5/c1-6-33-19-10-8-18(9-11-19)23-22(24(29)21-13-12-20(32-5)16-17(21)2)25(30)26(31)28(23)15-7-14-27(3)4/h8-13,16,22-23H,6-7,14-15H2,1-5H3. The summed E-state index contributed by atoms with van der Waals surface area (Å²) in [7, 11) is 5.47. The van der Waals surface area contributed by atoms with E-state index >= 15 is 0 Å². The highest BCUT2D eigenvalue weighted by molar-refractivity contribution is 6.44. The molecule has 0 spiro atoms. The second kappa shape index (κ2) is 10.6. The number of Topliss-reactive ketones (excluding diaryl/α,β-unsaturated/α-hetero) is 2. The van der Waals surface area contributed by atoms with E-state index in [2.05, 4.69) is 0 Å². The van der Waals surface area contributed by atoms with Gasteiger partial charge in [-0.3, -0.25) is 14.4 Å². The minimum atomic E-state index is -1.10. The Labute approximate surface area is 195 Å². The molecule has 3 rings (SSSR count). The van der Waals surface area contributed by atoms with Gasteiger partial charge in [0.25, 0.3) is 5.91 Å². The van der Waals surface area contributed by atoms with E-state index in [0.29, 0.717) is 42.2 Å². The zero-order chi connectivity index (χ0) is 24.1. The summed E-state index contributed by atoms with van der Waals surface area (Å²) in [5, 5.41) is 0. The molecule has 2 unspecified atom stereocenters. The maximum atomic E-state index is 13.6. The summed E-state index contributed by atoms with van der Waals surface area (Å²) in [6, 6.07) is 11.8. The van der Waals surface area contributed by atoms with Gasteiger partial charge in [-0.2, -0.15) is 0 Å². The van der Waals surface area contributed by atoms with Crippen LogP contribution in [0.1, 0.15) is 40.9 Å². The lowest BCUT2D eigenvalue weighted by Crippen LogP contribution is -2.33. The number of ether oxygens (including phenoxy) is 2. The second-order valence-corrected chi connectivity index (χ2v) is 8.49. The van der Waals surface area contributed by atoms with Gasteiger partial charge in [0, 0.05) is 12.1 Å². The summed E-state index contributed by atoms with van der Waals surface area (Å²) < 4.78 is 10.8. The molecule has 1 heterocycles. The smallest absolute Gasteiger partial charge is 0.291 e. The lowest BCUT2D eigenvalue weighted by atomic mass is 9.85. The Morgan fingerprint density at radius 3 is 2.30 bits per heavy atom. The summed E-state index contributed by atoms with van der Waals surface area (Å²) in [4.78, 5) is 43.4. The molecule has 1 saturated heterocycles. The third kappa shape index (κ3) is 5.25. The van der Waals surface area contributed by atoms with E-state index in [0.717, 1.165) is 12.1 Å². The maximum absolute atomic E-state index is 13.6. The molecule has 1 aliphatic rings. The van der Waals surface area contributed by atoms with Gasteiger partial charge in [0.05, 0.1) is 19.8 Å². The van der Waals surface area contributed by atoms with Crippen molar-refractivity contribution in [3.8, 4) is 11.5 Å². The van der Waals surface area contributed by atoms with Gasteiger partial charge >= 0.3 is 0 Å². The molecule has 1 amide bonds. The SMILES string of the molecule is CCOc1ccc(C2C(C(=O)c3ccc(OC)cc3C)C(=O)C(=O)N2CCCN(C)C)cc1. The molecule has 33 heavy (non-hydrogen) atoms. The predicted molar refractivity (Wildman–Crippen MR) is 126 cm³/mol. The van der Waals surface area contributed by atoms with E-state index in [-0.39, 0.29) is 5.78 Å². The molecule has 7 nitrogen and oxygen atoms in total. The van der Waals surface area contributed by atoms with Crippen LogP contribution >= 0.6 is 0 Å². The zero-order valence-electron chi connectivity index (χ0n) is 20.0. The van der Waals surface area contributed by atoms with Crippen LogP contribution in [0.4, 0.5) is 0 Å². The Balaban J connectivity index is 2.00. The number of aryl methyl sites for hydroxylation is 1. The first-order valence-corrected chi connectivity index (χ1v) is 11.2. The number of methoxy groups -OCH3 is 1. The average Bonchev–Trinajstić information content (AvgIpc) is 3.04. The van der Waals surface area contributed by atoms with E-state index < -0.39 is 23.7 Å². The molecule has 2 aromatic rings. The van der Waals surface area contributed by atoms with Crippen molar-refractivity contribution >= 4 is 17.5 Å². The highest BCUT2D eigenvalue weighted by Gasteiger charge is 2.51. The predicted octanol–water partition coefficient (Wildman–Crippen LogP) is 3.31. The van der Waals surface area contributed by atoms with Crippen LogP contribution in [0.5, 0.6) is 11.5 Å². The summed E-state index contributed by atoms with van der Waals surface area (Å²) in [5.41, 5.74) is 1.87. The van der Waals surface area contributed by atoms with Crippen molar-refractivity contribution in [2.24, 2.45) is 5.92 Å². The molecule has 1 fully saturated rings. The molecule has 7 heteroatoms. The van der Waals surface area contributed by atoms with Gasteiger partial charge in [-0.05, 0) is 82.4 Å². The van der Waals surface area contributed by atoms with Crippen LogP contribution in [0.2, 0.25) is 0 Å². The minimum Gasteiger partial charge on any atom is -0.497 e. The molecule has 0 radical (unpaired) electrons. The fourth-order valence-corrected chi connectivity index (χ4v) is 4.29. The lowest BCUT2D eigenvalue weighted by Gasteiger charge is -2.28. The van der Waals surface area contributed by atoms with Gasteiger partial charge in [-0.1, -0.05) is 12.1 Å². The molecule has 0 bridgehead atoms. The number of benzene rings is 2. The molecule has 2 aromatic carbocycles. The lowest BCUT2D eigenvalue weighted by molar-refractivity contribution is -0.140. The number of amides is 1. The summed E-state index contributed by atoms with van der Waals surface area (Å²) in [6.45, 7) is 5.41. The van der Waals surface area contributed by atoms with Crippen LogP contribution in [-0.4, -0.2) is 68.2 Å². The summed E-state index contributed by atoms with van der Waals surface area (Å²) >= 11 is 0. The van der Waals surface area contributed by atoms with Crippen LogP contribution in [0.15, 0.2) is 42.5 Å². The van der Waals surface area contributed by atoms with Gasteiger partial charge in [0.2, 0.25) is 5.78 Å². The van der Waals surface area contributed by atoms with Gasteiger partial charge in [0.15, 0.2) is 5.78 Å². The topological polar surface area (TPSA) is 76.1 Å². The van der Waals surface area contributed by atoms with Gasteiger partial charge in [0.1, 0.15) is 17.4 Å². The van der Waals surface area contributed by atoms with E-state index in [1.165, 1.54) is 0 Å². The quantitative estimate of drug-likeness (QED) is 0.313. The number of nitrogens with zero attached hydrogens (tertiary/aromatic N) is 2. The Morgan fingerprint density at radius 2 is 1.73 bits per heavy atom. The van der Waals surface area contributed by atoms with Gasteiger partial charge in [-0.15, -0.1) is 0 Å². The van der Waals surface area contributed by atoms with E-state index in [1.807, 2.05) is 50.2 Å². The second-order valence-electron chi connectivity index (χ2n) is 8.49. The van der Waals surface area contributed by atoms with Crippen molar-refractivity contribution in [3.63, 3.8) is 0 Å². The minimum absolute atomic E-state index is 0.345. The summed E-state index contributed by atoms with van der Waals surface area (Å²) in [5.74, 6) is -1.36. The number of hydrogen-bond donors (Lipinski definition) is 0. The van der Waals surface area contributed by atoms with Crippen molar-refractivity contribution in [2.45, 2.75) is 26.3 Å². The normalized spacial score (nSPS) is 18.2. The first-order chi connectivity index (χ1) is 15.8. The highest BCUT2D eigenvalue weighted by atomic mass is 16.5. The molecule has 0 aliphatic carbocycles. The van der Waals surface area contributed by atoms with Crippen LogP contribution in [0.25, 0.3) is 0 Å². The highest BCUT2D eigenvalue weighted by Crippen LogP contribution is 2.39. The molecule has 1 aliphatic heterocycles. The Morgan fingerprint density at radius 1 is 1.06 bits per heavy atom. The fraction of sp³-hybridized carbons (Fsp3) is 0.423. The Hall–Kier alpha value is -3.19. The van der Waals surface area contributed by atoms with Gasteiger partial charge < -0.3 is 19.3 Å². The van der Waals surface area contributed by atoms with Crippen LogP contribution in [0, 0.1) is 12.8 Å². The van der Waals surface area contributed by atoms with E-state index in [9.17, 15) is 14.4 Å². The maximum Gasteiger partial charge on any atom is 0.291 e. The first-order valence-electron chi connectivity index (χ1n) is 11.2. The Bertz CT molecular complexity index is 1020. The largest absolute Gasteiger partial charge is 0.497 e. The third-order valence-electron chi connectivity index (χ3n) is 5.92. The molecular weight excluding hydrogens is 420 g/mol. The molecule has 176 valence electrons. The van der Waals surface area contributed by atoms with E-state index in [4.69, 9.17) is 9.47 Å². The number of likely N-dealkylation sites (tertiary alicyclic amines) is 1. The number of carbonyl (C=O) groups excluding carboxylic acids is 3. The van der Waals surface area contributed by atoms with Crippen molar-refractivity contribution in [3.05, 3.63) is 59.2 Å². The first kappa shape index (κ1) is 24.5. The van der Waals surface area contributed by atoms with Crippen LogP contribution < -0.4 is 9.47 Å². The number of rotatable bonds is 10. The number of carbonyl (C=O) groups is 3. The summed E-state index contributed by atoms with van der Waals surface area (Å²) in [6.07, 6.45) is 0.696. The molecule has 2 atom stereocenters.